The van der Waals surface area contributed by atoms with Crippen LogP contribution in [0.3, 0.4) is 0 Å². The zero-order valence-corrected chi connectivity index (χ0v) is 29.1. The van der Waals surface area contributed by atoms with Gasteiger partial charge in [0.05, 0.1) is 18.8 Å². The van der Waals surface area contributed by atoms with E-state index in [-0.39, 0.29) is 24.8 Å². The van der Waals surface area contributed by atoms with Crippen LogP contribution in [0.2, 0.25) is 0 Å². The largest absolute Gasteiger partial charge is 0.457 e. The summed E-state index contributed by atoms with van der Waals surface area (Å²) in [4.78, 5) is 21.5. The van der Waals surface area contributed by atoms with E-state index in [9.17, 15) is 9.90 Å². The molecule has 3 atom stereocenters. The lowest BCUT2D eigenvalue weighted by molar-refractivity contribution is -0.245. The predicted octanol–water partition coefficient (Wildman–Crippen LogP) is 9.09. The molecule has 0 spiro atoms. The Morgan fingerprint density at radius 2 is 1.48 bits per heavy atom. The third kappa shape index (κ3) is 9.42. The summed E-state index contributed by atoms with van der Waals surface area (Å²) in [6.07, 6.45) is 3.25. The summed E-state index contributed by atoms with van der Waals surface area (Å²) in [7, 11) is 0. The maximum Gasteiger partial charge on any atom is 0.319 e. The Hall–Kier alpha value is -5.52. The SMILES string of the molecule is O=C(NCc1cccc(-c2cccc([C@H]3O[C@@H](CSc4ncccn4)C[C@@H](c4ccc(CO)cc4)O3)c2)c1)Nc1ccc(Oc2ccccc2)cc1. The molecule has 10 heteroatoms. The van der Waals surface area contributed by atoms with Crippen LogP contribution in [0.5, 0.6) is 11.5 Å². The number of aliphatic hydroxyl groups excluding tert-OH is 1. The number of nitrogens with one attached hydrogen (secondary N) is 2. The highest BCUT2D eigenvalue weighted by Gasteiger charge is 2.32. The molecule has 9 nitrogen and oxygen atoms in total. The zero-order valence-electron chi connectivity index (χ0n) is 28.3. The van der Waals surface area contributed by atoms with Crippen molar-refractivity contribution in [3.05, 3.63) is 168 Å². The molecule has 262 valence electrons. The number of hydrogen-bond acceptors (Lipinski definition) is 8. The van der Waals surface area contributed by atoms with Gasteiger partial charge in [-0.3, -0.25) is 0 Å². The van der Waals surface area contributed by atoms with Gasteiger partial charge >= 0.3 is 6.03 Å². The summed E-state index contributed by atoms with van der Waals surface area (Å²) >= 11 is 1.56. The van der Waals surface area contributed by atoms with E-state index < -0.39 is 6.29 Å². The standard InChI is InChI=1S/C42H38N4O5S/c47-27-29-13-15-31(16-14-29)39-25-38(28-52-42-43-21-6-22-44-42)50-40(51-39)34-10-5-9-33(24-34)32-8-4-7-30(23-32)26-45-41(48)46-35-17-19-37(20-18-35)49-36-11-2-1-3-12-36/h1-24,38-40,47H,25-28H2,(H2,45,46,48)/t38-,39+,40+/m1/s1. The Labute approximate surface area is 307 Å². The summed E-state index contributed by atoms with van der Waals surface area (Å²) in [5, 5.41) is 16.1. The molecule has 52 heavy (non-hydrogen) atoms. The van der Waals surface area contributed by atoms with Crippen molar-refractivity contribution in [2.45, 2.75) is 43.2 Å². The van der Waals surface area contributed by atoms with Crippen LogP contribution in [0.4, 0.5) is 10.5 Å². The van der Waals surface area contributed by atoms with Crippen molar-refractivity contribution in [2.75, 3.05) is 11.1 Å². The van der Waals surface area contributed by atoms with E-state index in [0.717, 1.165) is 39.1 Å². The fourth-order valence-corrected chi connectivity index (χ4v) is 6.68. The van der Waals surface area contributed by atoms with Gasteiger partial charge in [0.25, 0.3) is 0 Å². The molecule has 6 aromatic rings. The van der Waals surface area contributed by atoms with E-state index in [0.29, 0.717) is 35.3 Å². The van der Waals surface area contributed by atoms with Gasteiger partial charge in [-0.15, -0.1) is 0 Å². The van der Waals surface area contributed by atoms with Crippen molar-refractivity contribution in [2.24, 2.45) is 0 Å². The third-order valence-electron chi connectivity index (χ3n) is 8.52. The maximum absolute atomic E-state index is 12.8. The second-order valence-corrected chi connectivity index (χ2v) is 13.3. The fourth-order valence-electron chi connectivity index (χ4n) is 5.86. The molecular weight excluding hydrogens is 673 g/mol. The van der Waals surface area contributed by atoms with Crippen molar-refractivity contribution < 1.29 is 24.1 Å². The minimum Gasteiger partial charge on any atom is -0.457 e. The van der Waals surface area contributed by atoms with E-state index >= 15 is 0 Å². The molecule has 0 saturated carbocycles. The van der Waals surface area contributed by atoms with Gasteiger partial charge < -0.3 is 30.0 Å². The average molecular weight is 711 g/mol. The van der Waals surface area contributed by atoms with Gasteiger partial charge in [0, 0.05) is 42.4 Å². The van der Waals surface area contributed by atoms with Crippen LogP contribution < -0.4 is 15.4 Å². The van der Waals surface area contributed by atoms with Gasteiger partial charge in [0.2, 0.25) is 0 Å². The lowest BCUT2D eigenvalue weighted by Crippen LogP contribution is -2.31. The Bertz CT molecular complexity index is 2050. The number of aliphatic hydroxyl groups is 1. The van der Waals surface area contributed by atoms with Crippen LogP contribution in [0, 0.1) is 0 Å². The molecule has 0 radical (unpaired) electrons. The van der Waals surface area contributed by atoms with Crippen LogP contribution in [0.25, 0.3) is 11.1 Å². The van der Waals surface area contributed by atoms with Crippen molar-refractivity contribution in [1.82, 2.24) is 15.3 Å². The Kier molecular flexibility index (Phi) is 11.5. The Morgan fingerprint density at radius 1 is 0.750 bits per heavy atom. The molecule has 1 fully saturated rings. The number of rotatable bonds is 12. The molecule has 5 aromatic carbocycles. The van der Waals surface area contributed by atoms with Crippen LogP contribution in [0.1, 0.15) is 41.1 Å². The number of ether oxygens (including phenoxy) is 3. The first-order valence-electron chi connectivity index (χ1n) is 17.1. The summed E-state index contributed by atoms with van der Waals surface area (Å²) in [6.45, 7) is 0.344. The van der Waals surface area contributed by atoms with Crippen LogP contribution in [-0.2, 0) is 22.6 Å². The van der Waals surface area contributed by atoms with E-state index in [2.05, 4.69) is 44.9 Å². The summed E-state index contributed by atoms with van der Waals surface area (Å²) in [5.41, 5.74) is 6.43. The molecule has 1 saturated heterocycles. The number of aromatic nitrogens is 2. The molecule has 1 aliphatic rings. The topological polar surface area (TPSA) is 115 Å². The number of hydrogen-bond donors (Lipinski definition) is 3. The second kappa shape index (κ2) is 17.1. The van der Waals surface area contributed by atoms with Gasteiger partial charge in [0.1, 0.15) is 11.5 Å². The number of para-hydroxylation sites is 1. The first kappa shape index (κ1) is 34.9. The number of benzene rings is 5. The smallest absolute Gasteiger partial charge is 0.319 e. The molecule has 0 aliphatic carbocycles. The number of urea groups is 1. The number of anilines is 1. The van der Waals surface area contributed by atoms with Gasteiger partial charge in [-0.25, -0.2) is 14.8 Å². The molecule has 2 amide bonds. The Morgan fingerprint density at radius 3 is 2.25 bits per heavy atom. The minimum atomic E-state index is -0.592. The molecular formula is C42H38N4O5S. The lowest BCUT2D eigenvalue weighted by atomic mass is 9.99. The van der Waals surface area contributed by atoms with E-state index in [1.54, 1.807) is 42.4 Å². The van der Waals surface area contributed by atoms with Crippen molar-refractivity contribution in [3.8, 4) is 22.6 Å². The highest BCUT2D eigenvalue weighted by Crippen LogP contribution is 2.40. The van der Waals surface area contributed by atoms with Gasteiger partial charge in [-0.1, -0.05) is 90.6 Å². The quantitative estimate of drug-likeness (QED) is 0.0852. The number of amides is 2. The molecule has 7 rings (SSSR count). The first-order valence-corrected chi connectivity index (χ1v) is 18.0. The summed E-state index contributed by atoms with van der Waals surface area (Å²) in [6, 6.07) is 42.4. The molecule has 2 heterocycles. The van der Waals surface area contributed by atoms with Crippen molar-refractivity contribution >= 4 is 23.5 Å². The van der Waals surface area contributed by atoms with E-state index in [1.807, 2.05) is 91.0 Å². The highest BCUT2D eigenvalue weighted by atomic mass is 32.2. The first-order chi connectivity index (χ1) is 25.6. The lowest BCUT2D eigenvalue weighted by Gasteiger charge is -2.36. The van der Waals surface area contributed by atoms with Crippen molar-refractivity contribution in [1.29, 1.82) is 0 Å². The fraction of sp³-hybridized carbons (Fsp3) is 0.167. The number of carbonyl (C=O) groups is 1. The number of nitrogens with zero attached hydrogens (tertiary/aromatic N) is 2. The van der Waals surface area contributed by atoms with Gasteiger partial charge in [0.15, 0.2) is 11.4 Å². The number of carbonyl (C=O) groups excluding carboxylic acids is 1. The molecule has 0 unspecified atom stereocenters. The van der Waals surface area contributed by atoms with Crippen LogP contribution in [0.15, 0.2) is 151 Å². The zero-order chi connectivity index (χ0) is 35.5. The third-order valence-corrected chi connectivity index (χ3v) is 9.53. The predicted molar refractivity (Wildman–Crippen MR) is 202 cm³/mol. The summed E-state index contributed by atoms with van der Waals surface area (Å²) in [5.74, 6) is 2.11. The molecule has 1 aliphatic heterocycles. The molecule has 0 bridgehead atoms. The highest BCUT2D eigenvalue weighted by molar-refractivity contribution is 7.99. The van der Waals surface area contributed by atoms with E-state index in [1.165, 1.54) is 0 Å². The molecule has 1 aromatic heterocycles. The normalized spacial score (nSPS) is 16.9. The van der Waals surface area contributed by atoms with Gasteiger partial charge in [-0.05, 0) is 82.4 Å². The average Bonchev–Trinajstić information content (AvgIpc) is 3.21. The Balaban J connectivity index is 0.999. The molecule has 3 N–H and O–H groups in total. The van der Waals surface area contributed by atoms with Crippen molar-refractivity contribution in [3.63, 3.8) is 0 Å². The summed E-state index contributed by atoms with van der Waals surface area (Å²) < 4.78 is 19.0. The van der Waals surface area contributed by atoms with Crippen LogP contribution >= 0.6 is 11.8 Å². The maximum atomic E-state index is 12.8. The monoisotopic (exact) mass is 710 g/mol. The van der Waals surface area contributed by atoms with E-state index in [4.69, 9.17) is 14.2 Å². The minimum absolute atomic E-state index is 0.00832. The number of thioether (sulfide) groups is 1. The van der Waals surface area contributed by atoms with Gasteiger partial charge in [-0.2, -0.15) is 0 Å². The second-order valence-electron chi connectivity index (χ2n) is 12.3. The van der Waals surface area contributed by atoms with Crippen LogP contribution in [-0.4, -0.2) is 33.0 Å².